The summed E-state index contributed by atoms with van der Waals surface area (Å²) in [4.78, 5) is 52.8. The van der Waals surface area contributed by atoms with Gasteiger partial charge in [0.25, 0.3) is 11.1 Å². The zero-order valence-corrected chi connectivity index (χ0v) is 25.5. The Morgan fingerprint density at radius 2 is 0.886 bits per heavy atom. The van der Waals surface area contributed by atoms with Crippen molar-refractivity contribution in [2.24, 2.45) is 28.2 Å². The van der Waals surface area contributed by atoms with E-state index in [1.165, 1.54) is 23.2 Å². The first kappa shape index (κ1) is 27.7. The lowest BCUT2D eigenvalue weighted by Gasteiger charge is -2.10. The van der Waals surface area contributed by atoms with Crippen LogP contribution >= 0.6 is 0 Å². The number of nitrogens with zero attached hydrogens (tertiary/aromatic N) is 10. The van der Waals surface area contributed by atoms with Crippen molar-refractivity contribution in [1.82, 2.24) is 47.8 Å². The Morgan fingerprint density at radius 1 is 0.523 bits per heavy atom. The molecule has 0 unspecified atom stereocenters. The standard InChI is InChI=1S/C30H32N10O4/c1-7-9-13-39-21-15(17-19-23(31-33-25(17)39)35(3)29(43)37(5)27(19)41)11-12-16-18-20-24(36(4)30(44)38(6)28(20)42)32-34-26(18)40(22(16)21)14-10-8-2/h11-12H,7-10,13-14H2,1-6H3. The zero-order chi connectivity index (χ0) is 31.2. The summed E-state index contributed by atoms with van der Waals surface area (Å²) < 4.78 is 9.07. The molecule has 0 aliphatic carbocycles. The summed E-state index contributed by atoms with van der Waals surface area (Å²) in [6.07, 6.45) is 3.54. The van der Waals surface area contributed by atoms with Gasteiger partial charge in [0.2, 0.25) is 0 Å². The van der Waals surface area contributed by atoms with Crippen LogP contribution in [0.2, 0.25) is 0 Å². The van der Waals surface area contributed by atoms with E-state index < -0.39 is 22.5 Å². The van der Waals surface area contributed by atoms with E-state index in [0.717, 1.165) is 56.6 Å². The first-order chi connectivity index (χ1) is 21.1. The lowest BCUT2D eigenvalue weighted by molar-refractivity contribution is 0.648. The van der Waals surface area contributed by atoms with Crippen molar-refractivity contribution in [2.75, 3.05) is 0 Å². The molecule has 7 rings (SSSR count). The molecule has 0 saturated carbocycles. The third-order valence-electron chi connectivity index (χ3n) is 8.91. The molecule has 0 radical (unpaired) electrons. The molecule has 0 N–H and O–H groups in total. The van der Waals surface area contributed by atoms with Crippen molar-refractivity contribution < 1.29 is 0 Å². The van der Waals surface area contributed by atoms with Gasteiger partial charge in [-0.2, -0.15) is 0 Å². The van der Waals surface area contributed by atoms with Crippen LogP contribution in [0.3, 0.4) is 0 Å². The number of aryl methyl sites for hydroxylation is 4. The highest BCUT2D eigenvalue weighted by Crippen LogP contribution is 2.40. The number of unbranched alkanes of at least 4 members (excludes halogenated alkanes) is 2. The Bertz CT molecular complexity index is 2430. The Kier molecular flexibility index (Phi) is 6.10. The van der Waals surface area contributed by atoms with E-state index in [1.54, 1.807) is 14.1 Å². The Balaban J connectivity index is 1.80. The van der Waals surface area contributed by atoms with Gasteiger partial charge >= 0.3 is 11.4 Å². The van der Waals surface area contributed by atoms with E-state index in [9.17, 15) is 19.2 Å². The smallest absolute Gasteiger partial charge is 0.322 e. The molecule has 14 heteroatoms. The van der Waals surface area contributed by atoms with Crippen LogP contribution in [0.1, 0.15) is 39.5 Å². The molecule has 6 heterocycles. The second kappa shape index (κ2) is 9.69. The Morgan fingerprint density at radius 3 is 1.25 bits per heavy atom. The number of fused-ring (bicyclic) bond motifs is 11. The van der Waals surface area contributed by atoms with E-state index >= 15 is 0 Å². The highest BCUT2D eigenvalue weighted by molar-refractivity contribution is 6.28. The average Bonchev–Trinajstić information content (AvgIpc) is 3.53. The topological polar surface area (TPSA) is 149 Å². The maximum atomic E-state index is 13.7. The molecule has 0 saturated heterocycles. The summed E-state index contributed by atoms with van der Waals surface area (Å²) in [7, 11) is 6.09. The van der Waals surface area contributed by atoms with Gasteiger partial charge in [-0.1, -0.05) is 38.8 Å². The molecule has 7 aromatic rings. The average molecular weight is 597 g/mol. The monoisotopic (exact) mass is 596 g/mol. The van der Waals surface area contributed by atoms with Crippen molar-refractivity contribution in [2.45, 2.75) is 52.6 Å². The lowest BCUT2D eigenvalue weighted by Crippen LogP contribution is -2.37. The molecule has 0 spiro atoms. The van der Waals surface area contributed by atoms with Crippen LogP contribution in [-0.4, -0.2) is 47.8 Å². The van der Waals surface area contributed by atoms with E-state index in [2.05, 4.69) is 43.4 Å². The van der Waals surface area contributed by atoms with Gasteiger partial charge < -0.3 is 9.13 Å². The van der Waals surface area contributed by atoms with Gasteiger partial charge in [-0.25, -0.2) is 9.59 Å². The van der Waals surface area contributed by atoms with Crippen LogP contribution in [0, 0.1) is 0 Å². The maximum Gasteiger partial charge on any atom is 0.332 e. The van der Waals surface area contributed by atoms with Gasteiger partial charge in [-0.3, -0.25) is 27.9 Å². The number of hydrogen-bond acceptors (Lipinski definition) is 8. The fourth-order valence-corrected chi connectivity index (χ4v) is 6.55. The number of rotatable bonds is 6. The Hall–Kier alpha value is -5.14. The summed E-state index contributed by atoms with van der Waals surface area (Å²) in [5, 5.41) is 21.4. The van der Waals surface area contributed by atoms with Gasteiger partial charge in [0.05, 0.1) is 21.8 Å². The van der Waals surface area contributed by atoms with Gasteiger partial charge in [-0.15, -0.1) is 20.4 Å². The van der Waals surface area contributed by atoms with Crippen LogP contribution < -0.4 is 22.5 Å². The molecule has 0 amide bonds. The normalized spacial score (nSPS) is 12.3. The summed E-state index contributed by atoms with van der Waals surface area (Å²) >= 11 is 0. The van der Waals surface area contributed by atoms with Crippen molar-refractivity contribution >= 4 is 65.9 Å². The summed E-state index contributed by atoms with van der Waals surface area (Å²) in [5.74, 6) is 0. The van der Waals surface area contributed by atoms with Crippen molar-refractivity contribution in [3.05, 3.63) is 53.8 Å². The quantitative estimate of drug-likeness (QED) is 0.284. The van der Waals surface area contributed by atoms with E-state index in [-0.39, 0.29) is 11.3 Å². The maximum absolute atomic E-state index is 13.7. The number of aromatic nitrogens is 10. The molecule has 0 fully saturated rings. The zero-order valence-electron chi connectivity index (χ0n) is 25.5. The molecule has 0 aliphatic heterocycles. The van der Waals surface area contributed by atoms with E-state index in [0.29, 0.717) is 45.9 Å². The molecule has 226 valence electrons. The van der Waals surface area contributed by atoms with E-state index in [1.807, 2.05) is 12.1 Å². The van der Waals surface area contributed by atoms with Crippen LogP contribution in [0.4, 0.5) is 0 Å². The van der Waals surface area contributed by atoms with Gasteiger partial charge in [0, 0.05) is 62.8 Å². The van der Waals surface area contributed by atoms with Crippen molar-refractivity contribution in [3.8, 4) is 0 Å². The summed E-state index contributed by atoms with van der Waals surface area (Å²) in [6.45, 7) is 5.44. The lowest BCUT2D eigenvalue weighted by atomic mass is 10.1. The predicted molar refractivity (Wildman–Crippen MR) is 169 cm³/mol. The SMILES string of the molecule is CCCCn1c2nnc3c(c(=O)n(C)c(=O)n3C)c2c2ccc3c4c5c(=O)n(C)c(=O)n(C)c5nnc4n(CCCC)c3c21. The predicted octanol–water partition coefficient (Wildman–Crippen LogP) is 2.18. The molecule has 14 nitrogen and oxygen atoms in total. The first-order valence-electron chi connectivity index (χ1n) is 14.8. The molecular formula is C30H32N10O4. The van der Waals surface area contributed by atoms with E-state index in [4.69, 9.17) is 0 Å². The van der Waals surface area contributed by atoms with Crippen LogP contribution in [0.5, 0.6) is 0 Å². The van der Waals surface area contributed by atoms with Gasteiger partial charge in [0.1, 0.15) is 0 Å². The second-order valence-electron chi connectivity index (χ2n) is 11.5. The second-order valence-corrected chi connectivity index (χ2v) is 11.5. The molecule has 0 aliphatic rings. The molecule has 6 aromatic heterocycles. The summed E-state index contributed by atoms with van der Waals surface area (Å²) in [5.41, 5.74) is 1.37. The molecule has 0 bridgehead atoms. The van der Waals surface area contributed by atoms with Crippen LogP contribution in [0.25, 0.3) is 65.9 Å². The third kappa shape index (κ3) is 3.41. The van der Waals surface area contributed by atoms with Crippen LogP contribution in [0.15, 0.2) is 31.3 Å². The molecule has 44 heavy (non-hydrogen) atoms. The fraction of sp³-hybridized carbons (Fsp3) is 0.400. The third-order valence-corrected chi connectivity index (χ3v) is 8.91. The van der Waals surface area contributed by atoms with Crippen molar-refractivity contribution in [1.29, 1.82) is 0 Å². The Labute approximate surface area is 248 Å². The number of hydrogen-bond donors (Lipinski definition) is 0. The summed E-state index contributed by atoms with van der Waals surface area (Å²) in [6, 6.07) is 3.88. The van der Waals surface area contributed by atoms with Crippen LogP contribution in [-0.2, 0) is 41.3 Å². The highest BCUT2D eigenvalue weighted by Gasteiger charge is 2.27. The minimum absolute atomic E-state index is 0.216. The fourth-order valence-electron chi connectivity index (χ4n) is 6.55. The highest BCUT2D eigenvalue weighted by atomic mass is 16.2. The van der Waals surface area contributed by atoms with Gasteiger partial charge in [-0.05, 0) is 12.8 Å². The van der Waals surface area contributed by atoms with Crippen molar-refractivity contribution in [3.63, 3.8) is 0 Å². The minimum atomic E-state index is -0.477. The van der Waals surface area contributed by atoms with Gasteiger partial charge in [0.15, 0.2) is 22.6 Å². The first-order valence-corrected chi connectivity index (χ1v) is 14.8. The molecule has 0 atom stereocenters. The largest absolute Gasteiger partial charge is 0.332 e. The number of benzene rings is 1. The molecule has 1 aromatic carbocycles. The molecular weight excluding hydrogens is 564 g/mol. The minimum Gasteiger partial charge on any atom is -0.322 e.